The zero-order valence-corrected chi connectivity index (χ0v) is 9.11. The lowest BCUT2D eigenvalue weighted by molar-refractivity contribution is -0.00349. The first-order valence-electron chi connectivity index (χ1n) is 5.62. The van der Waals surface area contributed by atoms with E-state index in [4.69, 9.17) is 0 Å². The number of rotatable bonds is 2. The summed E-state index contributed by atoms with van der Waals surface area (Å²) in [7, 11) is 0. The van der Waals surface area contributed by atoms with E-state index in [9.17, 15) is 10.2 Å². The summed E-state index contributed by atoms with van der Waals surface area (Å²) in [5, 5.41) is 19.9. The van der Waals surface area contributed by atoms with E-state index in [-0.39, 0.29) is 5.75 Å². The van der Waals surface area contributed by atoms with E-state index >= 15 is 0 Å². The fourth-order valence-electron chi connectivity index (χ4n) is 2.54. The predicted molar refractivity (Wildman–Crippen MR) is 59.6 cm³/mol. The van der Waals surface area contributed by atoms with Gasteiger partial charge >= 0.3 is 0 Å². The number of aromatic hydroxyl groups is 1. The first-order chi connectivity index (χ1) is 7.10. The number of phenols is 1. The predicted octanol–water partition coefficient (Wildman–Crippen LogP) is 2.79. The van der Waals surface area contributed by atoms with Crippen molar-refractivity contribution < 1.29 is 10.2 Å². The monoisotopic (exact) mass is 206 g/mol. The molecule has 2 nitrogen and oxygen atoms in total. The molecule has 1 unspecified atom stereocenters. The van der Waals surface area contributed by atoms with Gasteiger partial charge in [-0.25, -0.2) is 0 Å². The van der Waals surface area contributed by atoms with Crippen LogP contribution in [0.25, 0.3) is 0 Å². The van der Waals surface area contributed by atoms with Crippen LogP contribution in [0.4, 0.5) is 0 Å². The van der Waals surface area contributed by atoms with Crippen LogP contribution >= 0.6 is 0 Å². The fraction of sp³-hybridized carbons (Fsp3) is 0.538. The molecule has 0 spiro atoms. The topological polar surface area (TPSA) is 40.5 Å². The molecule has 1 aliphatic carbocycles. The second kappa shape index (κ2) is 3.86. The molecule has 82 valence electrons. The molecular weight excluding hydrogens is 188 g/mol. The highest BCUT2D eigenvalue weighted by molar-refractivity contribution is 5.31. The van der Waals surface area contributed by atoms with E-state index in [1.54, 1.807) is 18.2 Å². The number of aliphatic hydroxyl groups is 1. The van der Waals surface area contributed by atoms with E-state index in [2.05, 4.69) is 0 Å². The molecule has 1 aliphatic rings. The van der Waals surface area contributed by atoms with Crippen molar-refractivity contribution in [2.24, 2.45) is 5.92 Å². The van der Waals surface area contributed by atoms with Gasteiger partial charge < -0.3 is 10.2 Å². The van der Waals surface area contributed by atoms with Crippen LogP contribution in [-0.2, 0) is 5.60 Å². The molecule has 0 radical (unpaired) electrons. The Morgan fingerprint density at radius 3 is 2.53 bits per heavy atom. The minimum Gasteiger partial charge on any atom is -0.508 e. The fourth-order valence-corrected chi connectivity index (χ4v) is 2.54. The molecule has 1 aromatic rings. The quantitative estimate of drug-likeness (QED) is 0.781. The van der Waals surface area contributed by atoms with Crippen LogP contribution in [0.2, 0.25) is 0 Å². The third-order valence-electron chi connectivity index (χ3n) is 3.58. The molecule has 1 saturated carbocycles. The van der Waals surface area contributed by atoms with Crippen molar-refractivity contribution in [1.82, 2.24) is 0 Å². The first-order valence-corrected chi connectivity index (χ1v) is 5.62. The van der Waals surface area contributed by atoms with Gasteiger partial charge in [-0.1, -0.05) is 25.0 Å². The SMILES string of the molecule is CC(O)(c1cccc(O)c1)C1CCCC1. The Balaban J connectivity index is 2.27. The second-order valence-corrected chi connectivity index (χ2v) is 4.68. The highest BCUT2D eigenvalue weighted by atomic mass is 16.3. The molecule has 0 aromatic heterocycles. The van der Waals surface area contributed by atoms with Crippen molar-refractivity contribution in [1.29, 1.82) is 0 Å². The van der Waals surface area contributed by atoms with Crippen LogP contribution < -0.4 is 0 Å². The average Bonchev–Trinajstić information content (AvgIpc) is 2.71. The lowest BCUT2D eigenvalue weighted by Crippen LogP contribution is -2.29. The summed E-state index contributed by atoms with van der Waals surface area (Å²) in [6, 6.07) is 6.97. The first kappa shape index (κ1) is 10.5. The Kier molecular flexibility index (Phi) is 2.70. The average molecular weight is 206 g/mol. The number of benzene rings is 1. The maximum absolute atomic E-state index is 10.5. The van der Waals surface area contributed by atoms with Gasteiger partial charge in [0, 0.05) is 0 Å². The Morgan fingerprint density at radius 2 is 1.93 bits per heavy atom. The summed E-state index contributed by atoms with van der Waals surface area (Å²) in [6.07, 6.45) is 4.59. The maximum atomic E-state index is 10.5. The Bertz CT molecular complexity index is 338. The number of hydrogen-bond acceptors (Lipinski definition) is 2. The second-order valence-electron chi connectivity index (χ2n) is 4.68. The Morgan fingerprint density at radius 1 is 1.27 bits per heavy atom. The van der Waals surface area contributed by atoms with Gasteiger partial charge in [0.1, 0.15) is 5.75 Å². The molecule has 15 heavy (non-hydrogen) atoms. The van der Waals surface area contributed by atoms with Gasteiger partial charge in [0.05, 0.1) is 5.60 Å². The summed E-state index contributed by atoms with van der Waals surface area (Å²) < 4.78 is 0. The van der Waals surface area contributed by atoms with Crippen LogP contribution in [-0.4, -0.2) is 10.2 Å². The largest absolute Gasteiger partial charge is 0.508 e. The van der Waals surface area contributed by atoms with Gasteiger partial charge in [0.2, 0.25) is 0 Å². The highest BCUT2D eigenvalue weighted by Gasteiger charge is 2.35. The van der Waals surface area contributed by atoms with Crippen LogP contribution in [0.5, 0.6) is 5.75 Å². The smallest absolute Gasteiger partial charge is 0.115 e. The molecule has 0 saturated heterocycles. The molecule has 1 atom stereocenters. The van der Waals surface area contributed by atoms with Crippen molar-refractivity contribution in [3.05, 3.63) is 29.8 Å². The van der Waals surface area contributed by atoms with Gasteiger partial charge in [-0.15, -0.1) is 0 Å². The highest BCUT2D eigenvalue weighted by Crippen LogP contribution is 2.40. The molecule has 0 heterocycles. The van der Waals surface area contributed by atoms with Crippen LogP contribution in [0, 0.1) is 5.92 Å². The third kappa shape index (κ3) is 2.00. The summed E-state index contributed by atoms with van der Waals surface area (Å²) in [5.74, 6) is 0.560. The third-order valence-corrected chi connectivity index (χ3v) is 3.58. The van der Waals surface area contributed by atoms with Crippen molar-refractivity contribution in [3.8, 4) is 5.75 Å². The van der Waals surface area contributed by atoms with Crippen LogP contribution in [0.1, 0.15) is 38.2 Å². The lowest BCUT2D eigenvalue weighted by Gasteiger charge is -2.30. The molecule has 0 aliphatic heterocycles. The van der Waals surface area contributed by atoms with Crippen LogP contribution in [0.15, 0.2) is 24.3 Å². The lowest BCUT2D eigenvalue weighted by atomic mass is 9.82. The number of hydrogen-bond donors (Lipinski definition) is 2. The van der Waals surface area contributed by atoms with Gasteiger partial charge in [-0.3, -0.25) is 0 Å². The van der Waals surface area contributed by atoms with Crippen LogP contribution in [0.3, 0.4) is 0 Å². The number of phenolic OH excluding ortho intramolecular Hbond substituents is 1. The van der Waals surface area contributed by atoms with Gasteiger partial charge in [-0.2, -0.15) is 0 Å². The summed E-state index contributed by atoms with van der Waals surface area (Å²) in [5.41, 5.74) is 0.0318. The molecular formula is C13H18O2. The minimum atomic E-state index is -0.796. The van der Waals surface area contributed by atoms with Gasteiger partial charge in [0.15, 0.2) is 0 Å². The van der Waals surface area contributed by atoms with Crippen molar-refractivity contribution in [2.45, 2.75) is 38.2 Å². The zero-order valence-electron chi connectivity index (χ0n) is 9.11. The van der Waals surface area contributed by atoms with E-state index in [1.807, 2.05) is 13.0 Å². The van der Waals surface area contributed by atoms with Gasteiger partial charge in [0.25, 0.3) is 0 Å². The zero-order chi connectivity index (χ0) is 10.9. The van der Waals surface area contributed by atoms with E-state index in [0.29, 0.717) is 5.92 Å². The van der Waals surface area contributed by atoms with Crippen molar-refractivity contribution in [2.75, 3.05) is 0 Å². The molecule has 2 N–H and O–H groups in total. The Labute approximate surface area is 90.6 Å². The molecule has 1 aromatic carbocycles. The molecule has 2 heteroatoms. The van der Waals surface area contributed by atoms with Crippen molar-refractivity contribution >= 4 is 0 Å². The van der Waals surface area contributed by atoms with Gasteiger partial charge in [-0.05, 0) is 43.4 Å². The molecule has 0 amide bonds. The summed E-state index contributed by atoms with van der Waals surface area (Å²) in [4.78, 5) is 0. The Hall–Kier alpha value is -1.02. The van der Waals surface area contributed by atoms with E-state index in [0.717, 1.165) is 18.4 Å². The molecule has 0 bridgehead atoms. The molecule has 1 fully saturated rings. The van der Waals surface area contributed by atoms with E-state index in [1.165, 1.54) is 12.8 Å². The molecule has 2 rings (SSSR count). The summed E-state index contributed by atoms with van der Waals surface area (Å²) >= 11 is 0. The minimum absolute atomic E-state index is 0.228. The van der Waals surface area contributed by atoms with Crippen molar-refractivity contribution in [3.63, 3.8) is 0 Å². The normalized spacial score (nSPS) is 21.5. The maximum Gasteiger partial charge on any atom is 0.115 e. The van der Waals surface area contributed by atoms with E-state index < -0.39 is 5.60 Å². The summed E-state index contributed by atoms with van der Waals surface area (Å²) in [6.45, 7) is 1.86. The standard InChI is InChI=1S/C13H18O2/c1-13(15,10-5-2-3-6-10)11-7-4-8-12(14)9-11/h4,7-10,14-15H,2-3,5-6H2,1H3.